The number of carbonyl (C=O) groups is 2. The number of amides is 1. The van der Waals surface area contributed by atoms with Crippen molar-refractivity contribution in [2.45, 2.75) is 31.0 Å². The average molecular weight is 370 g/mol. The van der Waals surface area contributed by atoms with Crippen molar-refractivity contribution in [3.05, 3.63) is 29.8 Å². The molecule has 138 valence electrons. The summed E-state index contributed by atoms with van der Waals surface area (Å²) >= 11 is 0. The molecule has 1 N–H and O–H groups in total. The predicted octanol–water partition coefficient (Wildman–Crippen LogP) is 0.387. The summed E-state index contributed by atoms with van der Waals surface area (Å²) in [5.41, 5.74) is 0.152. The van der Waals surface area contributed by atoms with Gasteiger partial charge in [-0.25, -0.2) is 8.42 Å². The van der Waals surface area contributed by atoms with Gasteiger partial charge in [-0.3, -0.25) is 9.59 Å². The molecule has 2 rings (SSSR count). The fourth-order valence-corrected chi connectivity index (χ4v) is 4.24. The van der Waals surface area contributed by atoms with Crippen molar-refractivity contribution >= 4 is 21.9 Å². The molecule has 1 saturated heterocycles. The first kappa shape index (κ1) is 19.4. The molecule has 1 aliphatic heterocycles. The molecule has 0 unspecified atom stereocenters. The third kappa shape index (κ3) is 4.77. The minimum absolute atomic E-state index is 0.0273. The van der Waals surface area contributed by atoms with Gasteiger partial charge in [-0.15, -0.1) is 0 Å². The van der Waals surface area contributed by atoms with Gasteiger partial charge in [0, 0.05) is 18.7 Å². The Bertz CT molecular complexity index is 739. The predicted molar refractivity (Wildman–Crippen MR) is 89.6 cm³/mol. The summed E-state index contributed by atoms with van der Waals surface area (Å²) in [6, 6.07) is 5.72. The van der Waals surface area contributed by atoms with Gasteiger partial charge in [0.25, 0.3) is 5.91 Å². The fourth-order valence-electron chi connectivity index (χ4n) is 2.60. The molecule has 25 heavy (non-hydrogen) atoms. The number of esters is 1. The van der Waals surface area contributed by atoms with E-state index in [2.05, 4.69) is 10.1 Å². The van der Waals surface area contributed by atoms with Crippen molar-refractivity contribution in [3.8, 4) is 0 Å². The molecule has 2 atom stereocenters. The van der Waals surface area contributed by atoms with Crippen LogP contribution in [0.4, 0.5) is 0 Å². The third-order valence-electron chi connectivity index (χ3n) is 3.74. The normalized spacial score (nSPS) is 21.6. The van der Waals surface area contributed by atoms with Crippen LogP contribution in [-0.2, 0) is 24.3 Å². The molecule has 8 nitrogen and oxygen atoms in total. The number of nitrogens with one attached hydrogen (secondary N) is 1. The van der Waals surface area contributed by atoms with E-state index in [4.69, 9.17) is 4.74 Å². The van der Waals surface area contributed by atoms with E-state index in [-0.39, 0.29) is 42.3 Å². The lowest BCUT2D eigenvalue weighted by Crippen LogP contribution is -2.48. The highest BCUT2D eigenvalue weighted by molar-refractivity contribution is 7.89. The van der Waals surface area contributed by atoms with E-state index in [1.54, 1.807) is 0 Å². The molecular weight excluding hydrogens is 348 g/mol. The highest BCUT2D eigenvalue weighted by atomic mass is 32.2. The summed E-state index contributed by atoms with van der Waals surface area (Å²) in [6.45, 7) is 3.85. The molecule has 0 aromatic heterocycles. The van der Waals surface area contributed by atoms with E-state index < -0.39 is 21.9 Å². The fraction of sp³-hybridized carbons (Fsp3) is 0.500. The topological polar surface area (TPSA) is 102 Å². The van der Waals surface area contributed by atoms with Gasteiger partial charge in [-0.05, 0) is 32.0 Å². The monoisotopic (exact) mass is 370 g/mol. The van der Waals surface area contributed by atoms with E-state index in [0.717, 1.165) is 0 Å². The number of hydrogen-bond donors (Lipinski definition) is 1. The second-order valence-corrected chi connectivity index (χ2v) is 7.80. The summed E-state index contributed by atoms with van der Waals surface area (Å²) in [5.74, 6) is -1.14. The molecule has 0 bridgehead atoms. The molecule has 0 spiro atoms. The van der Waals surface area contributed by atoms with Crippen LogP contribution in [0.5, 0.6) is 0 Å². The van der Waals surface area contributed by atoms with E-state index in [1.165, 1.54) is 35.7 Å². The second-order valence-electron chi connectivity index (χ2n) is 5.87. The maximum atomic E-state index is 12.8. The SMILES string of the molecule is COC(=O)CNC(=O)c1cccc(S(=O)(=O)N2C[C@@H](C)O[C@@H](C)C2)c1. The number of rotatable bonds is 5. The lowest BCUT2D eigenvalue weighted by atomic mass is 10.2. The van der Waals surface area contributed by atoms with E-state index in [9.17, 15) is 18.0 Å². The van der Waals surface area contributed by atoms with Gasteiger partial charge in [-0.1, -0.05) is 6.07 Å². The molecule has 9 heteroatoms. The van der Waals surface area contributed by atoms with Crippen LogP contribution in [0.1, 0.15) is 24.2 Å². The Hall–Kier alpha value is -1.97. The van der Waals surface area contributed by atoms with E-state index >= 15 is 0 Å². The molecule has 1 aliphatic rings. The number of sulfonamides is 1. The number of hydrogen-bond acceptors (Lipinski definition) is 6. The maximum absolute atomic E-state index is 12.8. The third-order valence-corrected chi connectivity index (χ3v) is 5.57. The Morgan fingerprint density at radius 1 is 1.28 bits per heavy atom. The van der Waals surface area contributed by atoms with Crippen LogP contribution >= 0.6 is 0 Å². The number of morpholine rings is 1. The maximum Gasteiger partial charge on any atom is 0.325 e. The quantitative estimate of drug-likeness (QED) is 0.752. The molecule has 0 radical (unpaired) electrons. The van der Waals surface area contributed by atoms with Gasteiger partial charge < -0.3 is 14.8 Å². The summed E-state index contributed by atoms with van der Waals surface area (Å²) in [5, 5.41) is 2.38. The number of methoxy groups -OCH3 is 1. The Labute approximate surface area is 147 Å². The zero-order valence-electron chi connectivity index (χ0n) is 14.4. The summed E-state index contributed by atoms with van der Waals surface area (Å²) in [7, 11) is -2.52. The van der Waals surface area contributed by atoms with Gasteiger partial charge >= 0.3 is 5.97 Å². The van der Waals surface area contributed by atoms with Crippen LogP contribution in [0.15, 0.2) is 29.2 Å². The first-order valence-electron chi connectivity index (χ1n) is 7.84. The van der Waals surface area contributed by atoms with Crippen LogP contribution in [0.2, 0.25) is 0 Å². The van der Waals surface area contributed by atoms with Crippen molar-refractivity contribution in [2.75, 3.05) is 26.7 Å². The zero-order chi connectivity index (χ0) is 18.6. The lowest BCUT2D eigenvalue weighted by molar-refractivity contribution is -0.139. The van der Waals surface area contributed by atoms with Crippen molar-refractivity contribution in [1.29, 1.82) is 0 Å². The number of benzene rings is 1. The van der Waals surface area contributed by atoms with Crippen LogP contribution in [-0.4, -0.2) is 63.6 Å². The minimum atomic E-state index is -3.74. The summed E-state index contributed by atoms with van der Waals surface area (Å²) < 4.78 is 37.0. The van der Waals surface area contributed by atoms with Gasteiger partial charge in [0.1, 0.15) is 6.54 Å². The second kappa shape index (κ2) is 7.94. The highest BCUT2D eigenvalue weighted by Crippen LogP contribution is 2.21. The molecule has 1 fully saturated rings. The van der Waals surface area contributed by atoms with Gasteiger partial charge in [0.05, 0.1) is 24.2 Å². The van der Waals surface area contributed by atoms with Crippen molar-refractivity contribution in [3.63, 3.8) is 0 Å². The highest BCUT2D eigenvalue weighted by Gasteiger charge is 2.32. The van der Waals surface area contributed by atoms with E-state index in [1.807, 2.05) is 13.8 Å². The van der Waals surface area contributed by atoms with Crippen LogP contribution in [0.25, 0.3) is 0 Å². The van der Waals surface area contributed by atoms with Crippen LogP contribution < -0.4 is 5.32 Å². The Morgan fingerprint density at radius 3 is 2.52 bits per heavy atom. The smallest absolute Gasteiger partial charge is 0.325 e. The molecule has 1 aromatic rings. The average Bonchev–Trinajstić information content (AvgIpc) is 2.58. The number of nitrogens with zero attached hydrogens (tertiary/aromatic N) is 1. The van der Waals surface area contributed by atoms with Crippen molar-refractivity contribution in [1.82, 2.24) is 9.62 Å². The van der Waals surface area contributed by atoms with Crippen molar-refractivity contribution < 1.29 is 27.5 Å². The van der Waals surface area contributed by atoms with E-state index in [0.29, 0.717) is 0 Å². The summed E-state index contributed by atoms with van der Waals surface area (Å²) in [6.07, 6.45) is -0.407. The zero-order valence-corrected chi connectivity index (χ0v) is 15.2. The largest absolute Gasteiger partial charge is 0.468 e. The van der Waals surface area contributed by atoms with Crippen molar-refractivity contribution in [2.24, 2.45) is 0 Å². The molecule has 1 amide bonds. The molecule has 0 saturated carbocycles. The standard InChI is InChI=1S/C16H22N2O6S/c1-11-9-18(10-12(2)24-11)25(21,22)14-6-4-5-13(7-14)16(20)17-8-15(19)23-3/h4-7,11-12H,8-10H2,1-3H3,(H,17,20)/t11-,12+. The molecule has 1 heterocycles. The molecule has 0 aliphatic carbocycles. The molecular formula is C16H22N2O6S. The van der Waals surface area contributed by atoms with Gasteiger partial charge in [0.15, 0.2) is 0 Å². The minimum Gasteiger partial charge on any atom is -0.468 e. The van der Waals surface area contributed by atoms with Crippen LogP contribution in [0, 0.1) is 0 Å². The molecule has 1 aromatic carbocycles. The summed E-state index contributed by atoms with van der Waals surface area (Å²) in [4.78, 5) is 23.2. The van der Waals surface area contributed by atoms with Gasteiger partial charge in [-0.2, -0.15) is 4.31 Å². The Morgan fingerprint density at radius 2 is 1.92 bits per heavy atom. The first-order valence-corrected chi connectivity index (χ1v) is 9.28. The van der Waals surface area contributed by atoms with Gasteiger partial charge in [0.2, 0.25) is 10.0 Å². The Balaban J connectivity index is 2.19. The number of carbonyl (C=O) groups excluding carboxylic acids is 2. The first-order chi connectivity index (χ1) is 11.7. The Kier molecular flexibility index (Phi) is 6.15. The number of ether oxygens (including phenoxy) is 2. The lowest BCUT2D eigenvalue weighted by Gasteiger charge is -2.34. The van der Waals surface area contributed by atoms with Crippen LogP contribution in [0.3, 0.4) is 0 Å².